The maximum absolute atomic E-state index is 13.4. The molecular weight excluding hydrogens is 501 g/mol. The molecule has 3 aromatic heterocycles. The molecular formula is C26H25F3N6O3. The number of halogens is 3. The lowest BCUT2D eigenvalue weighted by molar-refractivity contribution is -0.140. The average molecular weight is 527 g/mol. The number of hydrogen-bond donors (Lipinski definition) is 1. The summed E-state index contributed by atoms with van der Waals surface area (Å²) in [6.07, 6.45) is 1.15. The third-order valence-corrected chi connectivity index (χ3v) is 6.64. The maximum atomic E-state index is 13.4. The van der Waals surface area contributed by atoms with Gasteiger partial charge in [0.2, 0.25) is 5.89 Å². The third-order valence-electron chi connectivity index (χ3n) is 6.64. The Bertz CT molecular complexity index is 1450. The number of fused-ring (bicyclic) bond motifs is 1. The zero-order chi connectivity index (χ0) is 26.9. The average Bonchev–Trinajstić information content (AvgIpc) is 3.36. The molecule has 0 spiro atoms. The zero-order valence-electron chi connectivity index (χ0n) is 20.5. The summed E-state index contributed by atoms with van der Waals surface area (Å²) in [5, 5.41) is 0.338. The lowest BCUT2D eigenvalue weighted by Gasteiger charge is -2.31. The van der Waals surface area contributed by atoms with Crippen molar-refractivity contribution in [3.63, 3.8) is 0 Å². The van der Waals surface area contributed by atoms with Gasteiger partial charge in [0.1, 0.15) is 22.8 Å². The van der Waals surface area contributed by atoms with E-state index in [-0.39, 0.29) is 41.1 Å². The molecule has 2 N–H and O–H groups in total. The molecule has 0 radical (unpaired) electrons. The Morgan fingerprint density at radius 2 is 1.87 bits per heavy atom. The smallest absolute Gasteiger partial charge is 0.433 e. The predicted octanol–water partition coefficient (Wildman–Crippen LogP) is 4.26. The van der Waals surface area contributed by atoms with Crippen LogP contribution in [0, 0.1) is 5.92 Å². The molecule has 9 nitrogen and oxygen atoms in total. The van der Waals surface area contributed by atoms with Crippen molar-refractivity contribution in [3.8, 4) is 17.2 Å². The van der Waals surface area contributed by atoms with Gasteiger partial charge in [0.15, 0.2) is 11.5 Å². The Balaban J connectivity index is 1.40. The minimum Gasteiger partial charge on any atom is -0.494 e. The number of oxazole rings is 1. The first kappa shape index (κ1) is 25.6. The molecule has 0 unspecified atom stereocenters. The lowest BCUT2D eigenvalue weighted by Crippen LogP contribution is -2.39. The number of likely N-dealkylation sites (tertiary alicyclic amines) is 1. The van der Waals surface area contributed by atoms with Crippen molar-refractivity contribution < 1.29 is 27.1 Å². The first-order valence-corrected chi connectivity index (χ1v) is 12.1. The van der Waals surface area contributed by atoms with Crippen LogP contribution in [0.2, 0.25) is 0 Å². The second-order valence-corrected chi connectivity index (χ2v) is 9.01. The van der Waals surface area contributed by atoms with Crippen molar-refractivity contribution in [2.24, 2.45) is 11.7 Å². The Hall–Kier alpha value is -4.06. The molecule has 5 rings (SSSR count). The number of aromatic nitrogens is 4. The zero-order valence-corrected chi connectivity index (χ0v) is 20.5. The van der Waals surface area contributed by atoms with E-state index in [1.54, 1.807) is 29.4 Å². The van der Waals surface area contributed by atoms with Gasteiger partial charge in [-0.3, -0.25) is 4.79 Å². The molecule has 4 heterocycles. The van der Waals surface area contributed by atoms with E-state index in [2.05, 4.69) is 19.9 Å². The van der Waals surface area contributed by atoms with Crippen LogP contribution >= 0.6 is 0 Å². The molecule has 1 aromatic carbocycles. The molecule has 0 bridgehead atoms. The minimum absolute atomic E-state index is 0.00432. The number of piperidine rings is 1. The standard InChI is InChI=1S/C26H25F3N6O3/c1-37-18-5-3-17(16-4-6-20(26(27,28)29)33-22(16)18)24-34-23(19(14-30)38-24)25(36)35-11-7-15(8-12-35)13-21-31-9-2-10-32-21/h2-6,9-10,15H,7-8,11-14,30H2,1H3. The summed E-state index contributed by atoms with van der Waals surface area (Å²) in [5.41, 5.74) is 5.29. The summed E-state index contributed by atoms with van der Waals surface area (Å²) in [4.78, 5) is 31.9. The quantitative estimate of drug-likeness (QED) is 0.396. The van der Waals surface area contributed by atoms with Crippen LogP contribution in [0.4, 0.5) is 13.2 Å². The number of benzene rings is 1. The Morgan fingerprint density at radius 1 is 1.13 bits per heavy atom. The molecule has 1 fully saturated rings. The van der Waals surface area contributed by atoms with Crippen LogP contribution in [-0.2, 0) is 19.1 Å². The molecule has 0 saturated carbocycles. The van der Waals surface area contributed by atoms with Gasteiger partial charge in [0.05, 0.1) is 13.7 Å². The minimum atomic E-state index is -4.62. The van der Waals surface area contributed by atoms with Gasteiger partial charge in [-0.1, -0.05) is 0 Å². The molecule has 1 aliphatic heterocycles. The van der Waals surface area contributed by atoms with E-state index in [4.69, 9.17) is 14.9 Å². The highest BCUT2D eigenvalue weighted by Gasteiger charge is 2.33. The summed E-state index contributed by atoms with van der Waals surface area (Å²) >= 11 is 0. The number of methoxy groups -OCH3 is 1. The number of alkyl halides is 3. The third kappa shape index (κ3) is 5.03. The summed E-state index contributed by atoms with van der Waals surface area (Å²) in [6.45, 7) is 1.01. The Labute approximate surface area is 215 Å². The summed E-state index contributed by atoms with van der Waals surface area (Å²) < 4.78 is 50.9. The second kappa shape index (κ2) is 10.4. The van der Waals surface area contributed by atoms with Crippen LogP contribution in [0.15, 0.2) is 47.1 Å². The highest BCUT2D eigenvalue weighted by Crippen LogP contribution is 2.37. The summed E-state index contributed by atoms with van der Waals surface area (Å²) in [7, 11) is 1.35. The molecule has 1 saturated heterocycles. The number of amides is 1. The highest BCUT2D eigenvalue weighted by atomic mass is 19.4. The number of pyridine rings is 1. The lowest BCUT2D eigenvalue weighted by atomic mass is 9.93. The Kier molecular flexibility index (Phi) is 6.98. The van der Waals surface area contributed by atoms with Crippen LogP contribution in [0.25, 0.3) is 22.4 Å². The number of carbonyl (C=O) groups is 1. The van der Waals surface area contributed by atoms with Gasteiger partial charge in [0, 0.05) is 42.9 Å². The largest absolute Gasteiger partial charge is 0.494 e. The van der Waals surface area contributed by atoms with Gasteiger partial charge in [-0.25, -0.2) is 19.9 Å². The first-order chi connectivity index (χ1) is 18.3. The second-order valence-electron chi connectivity index (χ2n) is 9.01. The first-order valence-electron chi connectivity index (χ1n) is 12.1. The van der Waals surface area contributed by atoms with Crippen molar-refractivity contribution in [1.29, 1.82) is 0 Å². The van der Waals surface area contributed by atoms with Crippen LogP contribution in [0.5, 0.6) is 5.75 Å². The van der Waals surface area contributed by atoms with Crippen molar-refractivity contribution in [3.05, 3.63) is 65.7 Å². The summed E-state index contributed by atoms with van der Waals surface area (Å²) in [6, 6.07) is 7.04. The van der Waals surface area contributed by atoms with Gasteiger partial charge in [-0.05, 0) is 49.1 Å². The fraction of sp³-hybridized carbons (Fsp3) is 0.346. The van der Waals surface area contributed by atoms with Crippen molar-refractivity contribution in [1.82, 2.24) is 24.8 Å². The molecule has 1 aliphatic rings. The number of ether oxygens (including phenoxy) is 1. The van der Waals surface area contributed by atoms with Gasteiger partial charge in [-0.15, -0.1) is 0 Å². The molecule has 4 aromatic rings. The van der Waals surface area contributed by atoms with Crippen molar-refractivity contribution >= 4 is 16.8 Å². The predicted molar refractivity (Wildman–Crippen MR) is 131 cm³/mol. The van der Waals surface area contributed by atoms with E-state index in [0.29, 0.717) is 30.0 Å². The van der Waals surface area contributed by atoms with Crippen LogP contribution < -0.4 is 10.5 Å². The van der Waals surface area contributed by atoms with E-state index in [1.807, 2.05) is 0 Å². The number of rotatable bonds is 6. The fourth-order valence-electron chi connectivity index (χ4n) is 4.66. The Morgan fingerprint density at radius 3 is 2.53 bits per heavy atom. The SMILES string of the molecule is COc1ccc(-c2nc(C(=O)N3CCC(Cc4ncccn4)CC3)c(CN)o2)c2ccc(C(F)(F)F)nc12. The van der Waals surface area contributed by atoms with Crippen LogP contribution in [-0.4, -0.2) is 50.9 Å². The van der Waals surface area contributed by atoms with Gasteiger partial charge in [0.25, 0.3) is 5.91 Å². The number of nitrogens with zero attached hydrogens (tertiary/aromatic N) is 5. The van der Waals surface area contributed by atoms with E-state index in [0.717, 1.165) is 31.2 Å². The molecule has 0 aliphatic carbocycles. The molecule has 0 atom stereocenters. The topological polar surface area (TPSA) is 120 Å². The van der Waals surface area contributed by atoms with E-state index in [1.165, 1.54) is 19.2 Å². The van der Waals surface area contributed by atoms with Gasteiger partial charge >= 0.3 is 6.18 Å². The van der Waals surface area contributed by atoms with Gasteiger partial charge < -0.3 is 19.8 Å². The maximum Gasteiger partial charge on any atom is 0.433 e. The van der Waals surface area contributed by atoms with E-state index < -0.39 is 11.9 Å². The molecule has 198 valence electrons. The molecule has 38 heavy (non-hydrogen) atoms. The number of hydrogen-bond acceptors (Lipinski definition) is 8. The van der Waals surface area contributed by atoms with E-state index in [9.17, 15) is 18.0 Å². The molecule has 1 amide bonds. The fourth-order valence-corrected chi connectivity index (χ4v) is 4.66. The van der Waals surface area contributed by atoms with Crippen molar-refractivity contribution in [2.45, 2.75) is 32.0 Å². The highest BCUT2D eigenvalue weighted by molar-refractivity contribution is 5.98. The summed E-state index contributed by atoms with van der Waals surface area (Å²) in [5.74, 6) is 1.29. The molecule has 12 heteroatoms. The monoisotopic (exact) mass is 526 g/mol. The number of nitrogens with two attached hydrogens (primary N) is 1. The normalized spacial score (nSPS) is 14.7. The van der Waals surface area contributed by atoms with Gasteiger partial charge in [-0.2, -0.15) is 13.2 Å². The van der Waals surface area contributed by atoms with Crippen LogP contribution in [0.1, 0.15) is 40.6 Å². The van der Waals surface area contributed by atoms with Crippen LogP contribution in [0.3, 0.4) is 0 Å². The van der Waals surface area contributed by atoms with E-state index >= 15 is 0 Å². The number of carbonyl (C=O) groups excluding carboxylic acids is 1. The van der Waals surface area contributed by atoms with Crippen molar-refractivity contribution in [2.75, 3.05) is 20.2 Å².